The molecule has 7 aromatic rings. The van der Waals surface area contributed by atoms with Gasteiger partial charge in [-0.05, 0) is 167 Å². The number of hydrogen-bond donors (Lipinski definition) is 20. The van der Waals surface area contributed by atoms with Gasteiger partial charge in [-0.2, -0.15) is 0 Å². The molecule has 0 aliphatic carbocycles. The Labute approximate surface area is 756 Å². The molecule has 13 bridgehead atoms. The van der Waals surface area contributed by atoms with E-state index in [1.54, 1.807) is 28.2 Å². The molecule has 0 spiro atoms. The number of nitrogens with one attached hydrogen (secondary N) is 8. The molecule has 18 atom stereocenters. The lowest BCUT2D eigenvalue weighted by molar-refractivity contribution is -0.277. The first-order valence-corrected chi connectivity index (χ1v) is 43.0. The molecule has 7 aliphatic heterocycles. The first-order valence-electron chi connectivity index (χ1n) is 42.2. The van der Waals surface area contributed by atoms with Crippen molar-refractivity contribution in [3.63, 3.8) is 0 Å². The number of aliphatic hydroxyl groups excluding tert-OH is 7. The summed E-state index contributed by atoms with van der Waals surface area (Å²) in [6, 6.07) is 7.76. The third kappa shape index (κ3) is 22.7. The smallest absolute Gasteiger partial charge is 0.335 e. The molecule has 7 aliphatic rings. The Morgan fingerprint density at radius 2 is 1.23 bits per heavy atom. The van der Waals surface area contributed by atoms with E-state index in [4.69, 9.17) is 56.4 Å². The summed E-state index contributed by atoms with van der Waals surface area (Å²) in [4.78, 5) is 138. The number of likely N-dealkylation sites (N-methyl/N-ethyl adjacent to an activating group) is 1. The van der Waals surface area contributed by atoms with Crippen LogP contribution in [0.4, 0.5) is 0 Å². The second kappa shape index (κ2) is 42.8. The highest BCUT2D eigenvalue weighted by Gasteiger charge is 2.51. The van der Waals surface area contributed by atoms with Crippen molar-refractivity contribution >= 4 is 76.9 Å². The Balaban J connectivity index is 1.09. The first-order chi connectivity index (χ1) is 61.9. The summed E-state index contributed by atoms with van der Waals surface area (Å²) < 4.78 is 44.5. The second-order valence-electron chi connectivity index (χ2n) is 33.4. The maximum Gasteiger partial charge on any atom is 0.335 e. The number of hydrogen-bond acceptors (Lipinski definition) is 29. The highest BCUT2D eigenvalue weighted by molar-refractivity contribution is 6.33. The summed E-state index contributed by atoms with van der Waals surface area (Å²) in [6.07, 6.45) is -14.9. The van der Waals surface area contributed by atoms with Crippen LogP contribution in [0.25, 0.3) is 11.1 Å². The van der Waals surface area contributed by atoms with E-state index in [-0.39, 0.29) is 64.1 Å². The van der Waals surface area contributed by atoms with Crippen molar-refractivity contribution in [2.24, 2.45) is 5.92 Å². The lowest BCUT2D eigenvalue weighted by Gasteiger charge is -2.41. The zero-order chi connectivity index (χ0) is 94.0. The maximum atomic E-state index is 16.9. The van der Waals surface area contributed by atoms with Crippen LogP contribution in [0.5, 0.6) is 69.0 Å². The molecule has 2 fully saturated rings. The van der Waals surface area contributed by atoms with Crippen molar-refractivity contribution in [2.45, 2.75) is 195 Å². The van der Waals surface area contributed by atoms with E-state index in [0.717, 1.165) is 86.7 Å². The van der Waals surface area contributed by atoms with Crippen molar-refractivity contribution in [1.82, 2.24) is 52.3 Å². The third-order valence-corrected chi connectivity index (χ3v) is 23.5. The number of phenolic OH excluding ortho intramolecular Hbond substituents is 4. The van der Waals surface area contributed by atoms with Gasteiger partial charge >= 0.3 is 5.97 Å². The summed E-state index contributed by atoms with van der Waals surface area (Å²) in [7, 11) is 6.67. The molecular weight excluding hydrogens is 1740 g/mol. The topological polar surface area (TPSA) is 564 Å². The minimum atomic E-state index is -2.42. The minimum Gasteiger partial charge on any atom is -0.508 e. The number of unbranched alkanes of at least 4 members (excludes halogenated alkanes) is 5. The third-order valence-electron chi connectivity index (χ3n) is 22.8. The summed E-state index contributed by atoms with van der Waals surface area (Å²) in [5.74, 6) is -15.3. The zero-order valence-electron chi connectivity index (χ0n) is 71.8. The predicted octanol–water partition coefficient (Wildman–Crippen LogP) is 5.15. The lowest BCUT2D eigenvalue weighted by Crippen LogP contribution is -2.66. The van der Waals surface area contributed by atoms with Crippen LogP contribution >= 0.6 is 23.2 Å². The van der Waals surface area contributed by atoms with Crippen LogP contribution in [-0.4, -0.2) is 246 Å². The van der Waals surface area contributed by atoms with Gasteiger partial charge in [0.2, 0.25) is 66.1 Å². The van der Waals surface area contributed by atoms with Crippen molar-refractivity contribution in [1.29, 1.82) is 0 Å². The van der Waals surface area contributed by atoms with Gasteiger partial charge in [0.1, 0.15) is 119 Å². The van der Waals surface area contributed by atoms with Crippen molar-refractivity contribution < 1.29 is 138 Å². The molecule has 698 valence electrons. The summed E-state index contributed by atoms with van der Waals surface area (Å²) >= 11 is 14.2. The van der Waals surface area contributed by atoms with Crippen LogP contribution in [0.1, 0.15) is 154 Å². The van der Waals surface area contributed by atoms with Crippen LogP contribution in [0.15, 0.2) is 115 Å². The molecule has 20 N–H and O–H groups in total. The van der Waals surface area contributed by atoms with Crippen molar-refractivity contribution in [2.75, 3.05) is 47.9 Å². The number of carbonyl (C=O) groups is 9. The number of carboxylic acid groups (broad SMARTS) is 1. The molecule has 14 rings (SSSR count). The Kier molecular flexibility index (Phi) is 32.0. The quantitative estimate of drug-likeness (QED) is 0.0234. The lowest BCUT2D eigenvalue weighted by atomic mass is 9.90. The van der Waals surface area contributed by atoms with Gasteiger partial charge in [-0.3, -0.25) is 43.3 Å². The SMILES string of the molecule is CC(C)CCCCCCCCC(=O)N[C@H]1[C@H](Oc2c3cc4cc2Oc2ccc(cc2Cl)[C@@H](O)[C@@H](C)NC(=O)[C@@H](c2ccc(O)c(-c5c(O[C@H]6O[C@H](CO)[C@@H](O)[C@H](O)[C@@H]6O)cc(O)cc5[C@H](NC=O)C(=O)NCCCN(C)C)c2)NC(=O)[C@@H]4NC(=O)[C@H]2NC(=O)[C@@H](Cc4ccc(cc4)O3)NC(=O)[C@H](N(C)C)c3ccc(O)c(c3)Oc3cc(O)c(Cl)c2c3)O[C@H](C(=O)O)[C@@H](O)[C@@H]1O. The van der Waals surface area contributed by atoms with E-state index in [0.29, 0.717) is 37.3 Å². The Bertz CT molecular complexity index is 5320. The number of amides is 8. The molecule has 38 nitrogen and oxygen atoms in total. The van der Waals surface area contributed by atoms with Crippen LogP contribution in [0.2, 0.25) is 10.0 Å². The molecular formula is C90H106Cl2N10O28. The van der Waals surface area contributed by atoms with E-state index < -0.39 is 249 Å². The second-order valence-corrected chi connectivity index (χ2v) is 34.2. The summed E-state index contributed by atoms with van der Waals surface area (Å²) in [5, 5.41) is 158. The van der Waals surface area contributed by atoms with E-state index in [1.165, 1.54) is 72.5 Å². The number of benzene rings is 7. The van der Waals surface area contributed by atoms with Crippen LogP contribution in [-0.2, 0) is 59.0 Å². The number of nitrogens with zero attached hydrogens (tertiary/aromatic N) is 2. The number of aliphatic hydroxyl groups is 7. The predicted molar refractivity (Wildman–Crippen MR) is 463 cm³/mol. The molecule has 8 amide bonds. The zero-order valence-corrected chi connectivity index (χ0v) is 73.3. The standard InChI is InChI=1S/C90H106Cl2N10O28/c1-41(2)15-12-10-8-9-11-13-16-65(109)97-72-76(112)78(114)81(88(122)123)130-89(72)129-80-62-33-47-34-63(80)126-59-26-21-46(31-54(59)91)74(110)42(3)95-84(118)68(44-19-24-56(106)51(30-44)66-52(70(94-40-104)83(117)93-27-14-28-101(4)5)35-48(105)36-61(66)127-90-79(115)77(113)75(111)64(39-103)128-90)98-85(119)69(47)99-86(120)71-53-37-50(38-58(108)67(53)92)125-60-32-45(20-25-57(60)107)73(102(6)7)87(121)96-55(82(116)100-71)29-43-17-22-49(124-62)23-18-43/h17-26,30-38,40-42,55,64,68-79,81,89-90,103,105-108,110-115H,8-16,27-29,39H2,1-7H3,(H,93,117)(H,94,104)(H,95,118)(H,96,121)(H,97,109)(H,98,119)(H,99,120)(H,100,116)(H,122,123)/t42-,55-,64-,68-,69-,70+,71+,72-,73-,74+,75-,76-,77+,78+,79+,81+,89-,90+/m1/s1. The van der Waals surface area contributed by atoms with Gasteiger partial charge in [-0.25, -0.2) is 4.79 Å². The Morgan fingerprint density at radius 1 is 0.592 bits per heavy atom. The van der Waals surface area contributed by atoms with Gasteiger partial charge in [0.15, 0.2) is 29.1 Å². The van der Waals surface area contributed by atoms with Gasteiger partial charge in [0.05, 0.1) is 28.8 Å². The fourth-order valence-electron chi connectivity index (χ4n) is 15.9. The number of carbonyl (C=O) groups excluding carboxylic acids is 8. The highest BCUT2D eigenvalue weighted by Crippen LogP contribution is 2.50. The van der Waals surface area contributed by atoms with E-state index in [9.17, 15) is 80.5 Å². The maximum absolute atomic E-state index is 16.9. The average Bonchev–Trinajstić information content (AvgIpc) is 0.741. The Hall–Kier alpha value is -11.9. The van der Waals surface area contributed by atoms with E-state index in [2.05, 4.69) is 56.4 Å². The molecule has 130 heavy (non-hydrogen) atoms. The van der Waals surface area contributed by atoms with Gasteiger partial charge in [0, 0.05) is 48.2 Å². The number of fused-ring (bicyclic) bond motifs is 15. The molecule has 0 saturated carbocycles. The highest BCUT2D eigenvalue weighted by atomic mass is 35.5. The number of ether oxygens (including phenoxy) is 7. The average molecular weight is 1850 g/mol. The molecule has 0 aromatic heterocycles. The number of aliphatic carboxylic acids is 1. The number of phenols is 4. The first kappa shape index (κ1) is 97.2. The van der Waals surface area contributed by atoms with E-state index in [1.807, 2.05) is 4.90 Å². The van der Waals surface area contributed by atoms with Crippen molar-refractivity contribution in [3.8, 4) is 80.1 Å². The fourth-order valence-corrected chi connectivity index (χ4v) is 16.4. The normalized spacial score (nSPS) is 24.9. The molecule has 0 radical (unpaired) electrons. The van der Waals surface area contributed by atoms with Gasteiger partial charge in [-0.1, -0.05) is 106 Å². The molecule has 2 saturated heterocycles. The van der Waals surface area contributed by atoms with Crippen LogP contribution < -0.4 is 66.2 Å². The van der Waals surface area contributed by atoms with Crippen molar-refractivity contribution in [3.05, 3.63) is 164 Å². The number of carboxylic acids is 1. The number of halogens is 2. The fraction of sp³-hybridized carbons (Fsp3) is 0.433. The van der Waals surface area contributed by atoms with Gasteiger partial charge in [-0.15, -0.1) is 0 Å². The van der Waals surface area contributed by atoms with Gasteiger partial charge in [0.25, 0.3) is 0 Å². The monoisotopic (exact) mass is 1840 g/mol. The largest absolute Gasteiger partial charge is 0.508 e. The summed E-state index contributed by atoms with van der Waals surface area (Å²) in [5.41, 5.74) is -2.21. The molecule has 40 heteroatoms. The molecule has 0 unspecified atom stereocenters. The van der Waals surface area contributed by atoms with Gasteiger partial charge < -0.3 is 142 Å². The van der Waals surface area contributed by atoms with Crippen LogP contribution in [0, 0.1) is 5.92 Å². The number of aromatic hydroxyl groups is 4. The molecule has 7 aromatic carbocycles. The Morgan fingerprint density at radius 3 is 1.91 bits per heavy atom. The number of rotatable bonds is 27. The minimum absolute atomic E-state index is 0.00248. The summed E-state index contributed by atoms with van der Waals surface area (Å²) in [6.45, 7) is 5.11. The molecule has 7 heterocycles. The van der Waals surface area contributed by atoms with Crippen LogP contribution in [0.3, 0.4) is 0 Å². The van der Waals surface area contributed by atoms with E-state index >= 15 is 24.0 Å².